The summed E-state index contributed by atoms with van der Waals surface area (Å²) < 4.78 is 13.3. The van der Waals surface area contributed by atoms with E-state index in [1.54, 1.807) is 6.07 Å². The Morgan fingerprint density at radius 2 is 2.05 bits per heavy atom. The van der Waals surface area contributed by atoms with Gasteiger partial charge in [0.1, 0.15) is 5.82 Å². The molecular weight excluding hydrogens is 267 g/mol. The second kappa shape index (κ2) is 5.64. The Kier molecular flexibility index (Phi) is 3.85. The molecule has 21 heavy (non-hydrogen) atoms. The number of rotatable bonds is 3. The van der Waals surface area contributed by atoms with E-state index in [4.69, 9.17) is 0 Å². The summed E-state index contributed by atoms with van der Waals surface area (Å²) in [6.45, 7) is 6.75. The molecule has 114 valence electrons. The molecule has 2 aromatic rings. The van der Waals surface area contributed by atoms with Crippen molar-refractivity contribution in [3.8, 4) is 0 Å². The zero-order valence-corrected chi connectivity index (χ0v) is 12.9. The van der Waals surface area contributed by atoms with Gasteiger partial charge in [-0.15, -0.1) is 0 Å². The predicted octanol–water partition coefficient (Wildman–Crippen LogP) is 3.01. The summed E-state index contributed by atoms with van der Waals surface area (Å²) in [5.41, 5.74) is 1.58. The summed E-state index contributed by atoms with van der Waals surface area (Å²) in [6, 6.07) is 5.78. The SMILES string of the molecule is CC(C)N1CCC(N(C)c2nc3ccc(F)cc3[nH]2)CC1. The van der Waals surface area contributed by atoms with E-state index in [9.17, 15) is 4.39 Å². The Morgan fingerprint density at radius 1 is 1.33 bits per heavy atom. The number of H-pyrrole nitrogens is 1. The van der Waals surface area contributed by atoms with Crippen molar-refractivity contribution < 1.29 is 4.39 Å². The molecule has 0 atom stereocenters. The Hall–Kier alpha value is -1.62. The van der Waals surface area contributed by atoms with E-state index in [-0.39, 0.29) is 5.82 Å². The fraction of sp³-hybridized carbons (Fsp3) is 0.562. The van der Waals surface area contributed by atoms with Gasteiger partial charge in [-0.25, -0.2) is 9.37 Å². The third kappa shape index (κ3) is 2.88. The minimum atomic E-state index is -0.231. The number of nitrogens with zero attached hydrogens (tertiary/aromatic N) is 3. The minimum Gasteiger partial charge on any atom is -0.342 e. The van der Waals surface area contributed by atoms with E-state index in [0.717, 1.165) is 42.9 Å². The van der Waals surface area contributed by atoms with Gasteiger partial charge >= 0.3 is 0 Å². The second-order valence-corrected chi connectivity index (χ2v) is 6.19. The quantitative estimate of drug-likeness (QED) is 0.944. The Morgan fingerprint density at radius 3 is 2.71 bits per heavy atom. The van der Waals surface area contributed by atoms with Crippen molar-refractivity contribution >= 4 is 17.0 Å². The summed E-state index contributed by atoms with van der Waals surface area (Å²) in [6.07, 6.45) is 2.28. The lowest BCUT2D eigenvalue weighted by Crippen LogP contribution is -2.46. The highest BCUT2D eigenvalue weighted by Crippen LogP contribution is 2.23. The number of nitrogens with one attached hydrogen (secondary N) is 1. The van der Waals surface area contributed by atoms with Crippen molar-refractivity contribution in [2.45, 2.75) is 38.8 Å². The van der Waals surface area contributed by atoms with Gasteiger partial charge in [0, 0.05) is 32.2 Å². The first kappa shape index (κ1) is 14.3. The average Bonchev–Trinajstić information content (AvgIpc) is 2.89. The number of hydrogen-bond donors (Lipinski definition) is 1. The molecule has 1 aliphatic rings. The highest BCUT2D eigenvalue weighted by atomic mass is 19.1. The van der Waals surface area contributed by atoms with E-state index in [1.165, 1.54) is 12.1 Å². The van der Waals surface area contributed by atoms with E-state index < -0.39 is 0 Å². The van der Waals surface area contributed by atoms with Crippen LogP contribution >= 0.6 is 0 Å². The zero-order valence-electron chi connectivity index (χ0n) is 12.9. The Bertz CT molecular complexity index is 614. The van der Waals surface area contributed by atoms with Crippen LogP contribution in [0.5, 0.6) is 0 Å². The lowest BCUT2D eigenvalue weighted by Gasteiger charge is -2.38. The van der Waals surface area contributed by atoms with Crippen LogP contribution < -0.4 is 4.90 Å². The summed E-state index contributed by atoms with van der Waals surface area (Å²) in [7, 11) is 2.07. The number of aromatic amines is 1. The smallest absolute Gasteiger partial charge is 0.203 e. The predicted molar refractivity (Wildman–Crippen MR) is 84.2 cm³/mol. The van der Waals surface area contributed by atoms with Crippen molar-refractivity contribution in [3.05, 3.63) is 24.0 Å². The van der Waals surface area contributed by atoms with Gasteiger partial charge in [-0.05, 0) is 44.9 Å². The molecule has 1 aliphatic heterocycles. The van der Waals surface area contributed by atoms with Gasteiger partial charge in [0.25, 0.3) is 0 Å². The molecule has 0 amide bonds. The van der Waals surface area contributed by atoms with Gasteiger partial charge in [0.05, 0.1) is 11.0 Å². The van der Waals surface area contributed by atoms with Crippen molar-refractivity contribution in [3.63, 3.8) is 0 Å². The van der Waals surface area contributed by atoms with E-state index >= 15 is 0 Å². The molecule has 0 radical (unpaired) electrons. The lowest BCUT2D eigenvalue weighted by molar-refractivity contribution is 0.171. The van der Waals surface area contributed by atoms with Crippen LogP contribution in [-0.4, -0.2) is 47.1 Å². The van der Waals surface area contributed by atoms with E-state index in [2.05, 4.69) is 40.7 Å². The number of piperidine rings is 1. The normalized spacial score (nSPS) is 17.8. The van der Waals surface area contributed by atoms with Gasteiger partial charge < -0.3 is 14.8 Å². The first-order valence-corrected chi connectivity index (χ1v) is 7.67. The number of anilines is 1. The molecule has 0 spiro atoms. The number of imidazole rings is 1. The number of aromatic nitrogens is 2. The van der Waals surface area contributed by atoms with Crippen molar-refractivity contribution in [2.24, 2.45) is 0 Å². The van der Waals surface area contributed by atoms with Crippen LogP contribution in [0, 0.1) is 5.82 Å². The molecule has 5 heteroatoms. The van der Waals surface area contributed by atoms with Crippen molar-refractivity contribution in [1.29, 1.82) is 0 Å². The first-order chi connectivity index (χ1) is 10.0. The summed E-state index contributed by atoms with van der Waals surface area (Å²) >= 11 is 0. The summed E-state index contributed by atoms with van der Waals surface area (Å²) in [5.74, 6) is 0.601. The monoisotopic (exact) mass is 290 g/mol. The molecule has 0 unspecified atom stereocenters. The number of hydrogen-bond acceptors (Lipinski definition) is 3. The molecule has 4 nitrogen and oxygen atoms in total. The fourth-order valence-corrected chi connectivity index (χ4v) is 3.10. The Labute approximate surface area is 125 Å². The molecule has 1 saturated heterocycles. The number of halogens is 1. The maximum Gasteiger partial charge on any atom is 0.203 e. The third-order valence-corrected chi connectivity index (χ3v) is 4.54. The van der Waals surface area contributed by atoms with E-state index in [1.807, 2.05) is 0 Å². The highest BCUT2D eigenvalue weighted by molar-refractivity contribution is 5.77. The zero-order chi connectivity index (χ0) is 15.0. The molecule has 0 aliphatic carbocycles. The molecule has 1 aromatic carbocycles. The summed E-state index contributed by atoms with van der Waals surface area (Å²) in [4.78, 5) is 12.5. The van der Waals surface area contributed by atoms with Crippen LogP contribution in [0.2, 0.25) is 0 Å². The molecular formula is C16H23FN4. The van der Waals surface area contributed by atoms with Crippen LogP contribution in [0.25, 0.3) is 11.0 Å². The maximum atomic E-state index is 13.3. The highest BCUT2D eigenvalue weighted by Gasteiger charge is 2.25. The summed E-state index contributed by atoms with van der Waals surface area (Å²) in [5, 5.41) is 0. The number of benzene rings is 1. The average molecular weight is 290 g/mol. The van der Waals surface area contributed by atoms with Crippen molar-refractivity contribution in [2.75, 3.05) is 25.0 Å². The van der Waals surface area contributed by atoms with E-state index in [0.29, 0.717) is 12.1 Å². The molecule has 3 rings (SSSR count). The minimum absolute atomic E-state index is 0.231. The van der Waals surface area contributed by atoms with Gasteiger partial charge in [-0.1, -0.05) is 0 Å². The fourth-order valence-electron chi connectivity index (χ4n) is 3.10. The number of likely N-dealkylation sites (tertiary alicyclic amines) is 1. The van der Waals surface area contributed by atoms with Crippen LogP contribution in [0.3, 0.4) is 0 Å². The first-order valence-electron chi connectivity index (χ1n) is 7.67. The molecule has 1 fully saturated rings. The maximum absolute atomic E-state index is 13.3. The molecule has 2 heterocycles. The molecule has 1 aromatic heterocycles. The standard InChI is InChI=1S/C16H23FN4/c1-11(2)21-8-6-13(7-9-21)20(3)16-18-14-5-4-12(17)10-15(14)19-16/h4-5,10-11,13H,6-9H2,1-3H3,(H,18,19). The van der Waals surface area contributed by atoms with Gasteiger partial charge in [0.15, 0.2) is 0 Å². The molecule has 0 saturated carbocycles. The van der Waals surface area contributed by atoms with Crippen molar-refractivity contribution in [1.82, 2.24) is 14.9 Å². The van der Waals surface area contributed by atoms with Crippen LogP contribution in [-0.2, 0) is 0 Å². The van der Waals surface area contributed by atoms with Crippen LogP contribution in [0.15, 0.2) is 18.2 Å². The van der Waals surface area contributed by atoms with Crippen LogP contribution in [0.4, 0.5) is 10.3 Å². The lowest BCUT2D eigenvalue weighted by atomic mass is 10.0. The van der Waals surface area contributed by atoms with Crippen LogP contribution in [0.1, 0.15) is 26.7 Å². The third-order valence-electron chi connectivity index (χ3n) is 4.54. The molecule has 1 N–H and O–H groups in total. The topological polar surface area (TPSA) is 35.2 Å². The van der Waals surface area contributed by atoms with Gasteiger partial charge in [-0.2, -0.15) is 0 Å². The van der Waals surface area contributed by atoms with Gasteiger partial charge in [-0.3, -0.25) is 0 Å². The second-order valence-electron chi connectivity index (χ2n) is 6.19. The Balaban J connectivity index is 1.73. The molecule has 0 bridgehead atoms. The largest absolute Gasteiger partial charge is 0.342 e. The number of fused-ring (bicyclic) bond motifs is 1. The van der Waals surface area contributed by atoms with Gasteiger partial charge in [0.2, 0.25) is 5.95 Å².